The Morgan fingerprint density at radius 3 is 3.08 bits per heavy atom. The summed E-state index contributed by atoms with van der Waals surface area (Å²) in [7, 11) is 0. The molecule has 0 saturated carbocycles. The van der Waals surface area contributed by atoms with Crippen molar-refractivity contribution in [3.63, 3.8) is 0 Å². The van der Waals surface area contributed by atoms with E-state index in [1.165, 1.54) is 17.2 Å². The van der Waals surface area contributed by atoms with Crippen LogP contribution in [0.4, 0.5) is 0 Å². The van der Waals surface area contributed by atoms with Gasteiger partial charge >= 0.3 is 0 Å². The largest absolute Gasteiger partial charge is 0.364 e. The predicted molar refractivity (Wildman–Crippen MR) is 60.1 cm³/mol. The van der Waals surface area contributed by atoms with Crippen LogP contribution in [0.2, 0.25) is 0 Å². The van der Waals surface area contributed by atoms with Crippen molar-refractivity contribution in [1.82, 2.24) is 10.3 Å². The van der Waals surface area contributed by atoms with Crippen molar-refractivity contribution in [3.05, 3.63) is 24.0 Å². The molecule has 1 atom stereocenters. The second-order valence-electron chi connectivity index (χ2n) is 3.14. The molecule has 0 aromatic carbocycles. The standard InChI is InChI=1S/C10H18N2S/c1-3-13-8-9(2)12-7-10-5-4-6-11-10/h4-6,9,11-12H,3,7-8H2,1-2H3. The third-order valence-corrected chi connectivity index (χ3v) is 3.02. The maximum absolute atomic E-state index is 3.47. The van der Waals surface area contributed by atoms with Crippen molar-refractivity contribution >= 4 is 11.8 Å². The predicted octanol–water partition coefficient (Wildman–Crippen LogP) is 2.25. The van der Waals surface area contributed by atoms with Gasteiger partial charge in [0, 0.05) is 30.2 Å². The number of aromatic amines is 1. The summed E-state index contributed by atoms with van der Waals surface area (Å²) in [5.41, 5.74) is 1.26. The summed E-state index contributed by atoms with van der Waals surface area (Å²) >= 11 is 1.98. The average Bonchev–Trinajstić information content (AvgIpc) is 2.64. The van der Waals surface area contributed by atoms with Crippen LogP contribution in [0.25, 0.3) is 0 Å². The van der Waals surface area contributed by atoms with Crippen LogP contribution in [0, 0.1) is 0 Å². The zero-order valence-corrected chi connectivity index (χ0v) is 9.16. The summed E-state index contributed by atoms with van der Waals surface area (Å²) in [5.74, 6) is 2.39. The first-order valence-corrected chi connectivity index (χ1v) is 5.91. The number of hydrogen-bond acceptors (Lipinski definition) is 2. The SMILES string of the molecule is CCSCC(C)NCc1ccc[nH]1. The minimum absolute atomic E-state index is 0.591. The summed E-state index contributed by atoms with van der Waals surface area (Å²) in [6.45, 7) is 5.37. The molecule has 1 aromatic rings. The number of nitrogens with one attached hydrogen (secondary N) is 2. The van der Waals surface area contributed by atoms with Gasteiger partial charge in [0.1, 0.15) is 0 Å². The fourth-order valence-electron chi connectivity index (χ4n) is 1.12. The second kappa shape index (κ2) is 6.11. The third-order valence-electron chi connectivity index (χ3n) is 1.88. The Morgan fingerprint density at radius 1 is 1.62 bits per heavy atom. The van der Waals surface area contributed by atoms with Gasteiger partial charge in [-0.25, -0.2) is 0 Å². The highest BCUT2D eigenvalue weighted by atomic mass is 32.2. The van der Waals surface area contributed by atoms with Crippen molar-refractivity contribution in [2.24, 2.45) is 0 Å². The molecule has 0 bridgehead atoms. The van der Waals surface area contributed by atoms with Crippen LogP contribution in [0.5, 0.6) is 0 Å². The molecule has 0 aliphatic heterocycles. The molecule has 1 heterocycles. The number of H-pyrrole nitrogens is 1. The van der Waals surface area contributed by atoms with E-state index in [-0.39, 0.29) is 0 Å². The first-order chi connectivity index (χ1) is 6.33. The van der Waals surface area contributed by atoms with Crippen molar-refractivity contribution in [2.75, 3.05) is 11.5 Å². The number of rotatable bonds is 6. The van der Waals surface area contributed by atoms with Gasteiger partial charge in [-0.2, -0.15) is 11.8 Å². The van der Waals surface area contributed by atoms with E-state index in [1.807, 2.05) is 24.0 Å². The van der Waals surface area contributed by atoms with Crippen molar-refractivity contribution < 1.29 is 0 Å². The van der Waals surface area contributed by atoms with Gasteiger partial charge in [-0.05, 0) is 24.8 Å². The molecule has 1 unspecified atom stereocenters. The average molecular weight is 198 g/mol. The van der Waals surface area contributed by atoms with E-state index >= 15 is 0 Å². The fraction of sp³-hybridized carbons (Fsp3) is 0.600. The van der Waals surface area contributed by atoms with E-state index in [0.29, 0.717) is 6.04 Å². The lowest BCUT2D eigenvalue weighted by Crippen LogP contribution is -2.27. The number of aromatic nitrogens is 1. The minimum Gasteiger partial charge on any atom is -0.364 e. The van der Waals surface area contributed by atoms with E-state index in [0.717, 1.165) is 6.54 Å². The summed E-state index contributed by atoms with van der Waals surface area (Å²) in [6.07, 6.45) is 1.96. The molecular weight excluding hydrogens is 180 g/mol. The van der Waals surface area contributed by atoms with Crippen LogP contribution >= 0.6 is 11.8 Å². The van der Waals surface area contributed by atoms with E-state index < -0.39 is 0 Å². The molecule has 0 amide bonds. The molecule has 1 aromatic heterocycles. The summed E-state index contributed by atoms with van der Waals surface area (Å²) in [4.78, 5) is 3.18. The quantitative estimate of drug-likeness (QED) is 0.733. The van der Waals surface area contributed by atoms with Crippen molar-refractivity contribution in [2.45, 2.75) is 26.4 Å². The first-order valence-electron chi connectivity index (χ1n) is 4.76. The lowest BCUT2D eigenvalue weighted by atomic mass is 10.3. The Balaban J connectivity index is 2.11. The molecule has 2 nitrogen and oxygen atoms in total. The Morgan fingerprint density at radius 2 is 2.46 bits per heavy atom. The van der Waals surface area contributed by atoms with Gasteiger partial charge in [0.05, 0.1) is 0 Å². The highest BCUT2D eigenvalue weighted by Crippen LogP contribution is 2.02. The molecule has 0 radical (unpaired) electrons. The second-order valence-corrected chi connectivity index (χ2v) is 4.46. The zero-order chi connectivity index (χ0) is 9.52. The molecule has 13 heavy (non-hydrogen) atoms. The fourth-order valence-corrected chi connectivity index (χ4v) is 1.82. The van der Waals surface area contributed by atoms with E-state index in [1.54, 1.807) is 0 Å². The highest BCUT2D eigenvalue weighted by molar-refractivity contribution is 7.99. The highest BCUT2D eigenvalue weighted by Gasteiger charge is 2.00. The van der Waals surface area contributed by atoms with Crippen molar-refractivity contribution in [1.29, 1.82) is 0 Å². The lowest BCUT2D eigenvalue weighted by Gasteiger charge is -2.11. The smallest absolute Gasteiger partial charge is 0.0359 e. The summed E-state index contributed by atoms with van der Waals surface area (Å²) in [5, 5.41) is 3.47. The molecule has 1 rings (SSSR count). The molecule has 0 saturated heterocycles. The van der Waals surface area contributed by atoms with Gasteiger partial charge in [0.15, 0.2) is 0 Å². The van der Waals surface area contributed by atoms with Gasteiger partial charge in [-0.1, -0.05) is 6.92 Å². The summed E-state index contributed by atoms with van der Waals surface area (Å²) in [6, 6.07) is 4.73. The normalized spacial score (nSPS) is 13.1. The lowest BCUT2D eigenvalue weighted by molar-refractivity contribution is 0.590. The molecule has 0 aliphatic carbocycles. The van der Waals surface area contributed by atoms with E-state index in [9.17, 15) is 0 Å². The van der Waals surface area contributed by atoms with Crippen molar-refractivity contribution in [3.8, 4) is 0 Å². The molecule has 0 spiro atoms. The van der Waals surface area contributed by atoms with Crippen LogP contribution in [0.15, 0.2) is 18.3 Å². The van der Waals surface area contributed by atoms with Gasteiger partial charge in [0.2, 0.25) is 0 Å². The van der Waals surface area contributed by atoms with Crippen LogP contribution < -0.4 is 5.32 Å². The maximum atomic E-state index is 3.47. The van der Waals surface area contributed by atoms with Crippen LogP contribution in [0.1, 0.15) is 19.5 Å². The van der Waals surface area contributed by atoms with E-state index in [4.69, 9.17) is 0 Å². The first kappa shape index (κ1) is 10.7. The Kier molecular flexibility index (Phi) is 5.01. The van der Waals surface area contributed by atoms with Gasteiger partial charge < -0.3 is 10.3 Å². The number of hydrogen-bond donors (Lipinski definition) is 2. The molecular formula is C10H18N2S. The van der Waals surface area contributed by atoms with Gasteiger partial charge in [0.25, 0.3) is 0 Å². The Hall–Kier alpha value is -0.410. The maximum Gasteiger partial charge on any atom is 0.0359 e. The topological polar surface area (TPSA) is 27.8 Å². The Bertz CT molecular complexity index is 209. The molecule has 3 heteroatoms. The molecule has 74 valence electrons. The molecule has 0 fully saturated rings. The minimum atomic E-state index is 0.591. The molecule has 2 N–H and O–H groups in total. The van der Waals surface area contributed by atoms with Crippen LogP contribution in [-0.4, -0.2) is 22.5 Å². The van der Waals surface area contributed by atoms with Gasteiger partial charge in [-0.3, -0.25) is 0 Å². The zero-order valence-electron chi connectivity index (χ0n) is 8.34. The van der Waals surface area contributed by atoms with Gasteiger partial charge in [-0.15, -0.1) is 0 Å². The summed E-state index contributed by atoms with van der Waals surface area (Å²) < 4.78 is 0. The third kappa shape index (κ3) is 4.39. The van der Waals surface area contributed by atoms with Crippen LogP contribution in [-0.2, 0) is 6.54 Å². The van der Waals surface area contributed by atoms with Crippen LogP contribution in [0.3, 0.4) is 0 Å². The monoisotopic (exact) mass is 198 g/mol. The number of thioether (sulfide) groups is 1. The van der Waals surface area contributed by atoms with E-state index in [2.05, 4.69) is 30.2 Å². The Labute approximate surface area is 84.5 Å². The molecule has 0 aliphatic rings.